The number of carbonyl (C=O) groups excluding carboxylic acids is 1. The second-order valence-corrected chi connectivity index (χ2v) is 5.21. The van der Waals surface area contributed by atoms with E-state index >= 15 is 0 Å². The Labute approximate surface area is 107 Å². The average molecular weight is 242 g/mol. The molecule has 0 radical (unpaired) electrons. The lowest BCUT2D eigenvalue weighted by molar-refractivity contribution is -0.120. The van der Waals surface area contributed by atoms with Crippen LogP contribution in [0.4, 0.5) is 0 Å². The standard InChI is InChI=1S/C14H30N2O/c1-5-6-7-8-9-10-13(4)15-11-14(17)16-12(2)3/h12-13,15H,5-11H2,1-4H3,(H,16,17). The van der Waals surface area contributed by atoms with Gasteiger partial charge in [-0.25, -0.2) is 0 Å². The van der Waals surface area contributed by atoms with Crippen molar-refractivity contribution < 1.29 is 4.79 Å². The predicted octanol–water partition coefficient (Wildman–Crippen LogP) is 2.85. The Morgan fingerprint density at radius 3 is 2.29 bits per heavy atom. The van der Waals surface area contributed by atoms with Crippen LogP contribution in [0.5, 0.6) is 0 Å². The Bertz CT molecular complexity index is 193. The SMILES string of the molecule is CCCCCCCC(C)NCC(=O)NC(C)C. The third-order valence-electron chi connectivity index (χ3n) is 2.80. The Morgan fingerprint density at radius 1 is 1.06 bits per heavy atom. The van der Waals surface area contributed by atoms with E-state index < -0.39 is 0 Å². The predicted molar refractivity (Wildman–Crippen MR) is 74.1 cm³/mol. The zero-order valence-electron chi connectivity index (χ0n) is 12.0. The zero-order chi connectivity index (χ0) is 13.1. The van der Waals surface area contributed by atoms with Crippen LogP contribution in [0.3, 0.4) is 0 Å². The van der Waals surface area contributed by atoms with Gasteiger partial charge in [-0.15, -0.1) is 0 Å². The van der Waals surface area contributed by atoms with E-state index in [1.165, 1.54) is 38.5 Å². The Kier molecular flexibility index (Phi) is 10.2. The monoisotopic (exact) mass is 242 g/mol. The summed E-state index contributed by atoms with van der Waals surface area (Å²) < 4.78 is 0. The van der Waals surface area contributed by atoms with Crippen LogP contribution < -0.4 is 10.6 Å². The van der Waals surface area contributed by atoms with Gasteiger partial charge in [0.15, 0.2) is 0 Å². The molecule has 1 atom stereocenters. The van der Waals surface area contributed by atoms with Crippen molar-refractivity contribution >= 4 is 5.91 Å². The van der Waals surface area contributed by atoms with Crippen LogP contribution in [0.15, 0.2) is 0 Å². The first-order chi connectivity index (χ1) is 8.06. The lowest BCUT2D eigenvalue weighted by atomic mass is 10.1. The number of rotatable bonds is 10. The molecule has 0 aromatic carbocycles. The first kappa shape index (κ1) is 16.4. The van der Waals surface area contributed by atoms with Crippen LogP contribution in [0.25, 0.3) is 0 Å². The highest BCUT2D eigenvalue weighted by Gasteiger charge is 2.06. The van der Waals surface area contributed by atoms with Gasteiger partial charge in [-0.1, -0.05) is 39.0 Å². The third kappa shape index (κ3) is 11.7. The molecule has 0 heterocycles. The first-order valence-electron chi connectivity index (χ1n) is 7.09. The molecule has 2 N–H and O–H groups in total. The molecule has 0 aliphatic carbocycles. The van der Waals surface area contributed by atoms with E-state index in [1.807, 2.05) is 13.8 Å². The zero-order valence-corrected chi connectivity index (χ0v) is 12.0. The van der Waals surface area contributed by atoms with Gasteiger partial charge in [-0.2, -0.15) is 0 Å². The summed E-state index contributed by atoms with van der Waals surface area (Å²) in [6.45, 7) is 8.79. The molecule has 3 heteroatoms. The normalized spacial score (nSPS) is 12.8. The number of amides is 1. The maximum atomic E-state index is 11.4. The van der Waals surface area contributed by atoms with Gasteiger partial charge in [0, 0.05) is 12.1 Å². The minimum Gasteiger partial charge on any atom is -0.353 e. The van der Waals surface area contributed by atoms with Crippen LogP contribution in [0.1, 0.15) is 66.2 Å². The highest BCUT2D eigenvalue weighted by molar-refractivity contribution is 5.78. The molecule has 0 saturated heterocycles. The fourth-order valence-electron chi connectivity index (χ4n) is 1.80. The number of hydrogen-bond donors (Lipinski definition) is 2. The Morgan fingerprint density at radius 2 is 1.71 bits per heavy atom. The number of nitrogens with one attached hydrogen (secondary N) is 2. The van der Waals surface area contributed by atoms with Crippen molar-refractivity contribution in [2.24, 2.45) is 0 Å². The van der Waals surface area contributed by atoms with E-state index in [2.05, 4.69) is 24.5 Å². The summed E-state index contributed by atoms with van der Waals surface area (Å²) in [5, 5.41) is 6.15. The molecule has 1 amide bonds. The van der Waals surface area contributed by atoms with Gasteiger partial charge in [0.05, 0.1) is 6.54 Å². The molecule has 1 unspecified atom stereocenters. The van der Waals surface area contributed by atoms with Crippen LogP contribution in [0.2, 0.25) is 0 Å². The molecule has 0 fully saturated rings. The van der Waals surface area contributed by atoms with Crippen LogP contribution >= 0.6 is 0 Å². The Balaban J connectivity index is 3.39. The average Bonchev–Trinajstić information content (AvgIpc) is 2.25. The second-order valence-electron chi connectivity index (χ2n) is 5.21. The molecule has 102 valence electrons. The van der Waals surface area contributed by atoms with Crippen molar-refractivity contribution in [3.05, 3.63) is 0 Å². The van der Waals surface area contributed by atoms with Crippen LogP contribution in [-0.4, -0.2) is 24.5 Å². The molecule has 0 aromatic rings. The largest absolute Gasteiger partial charge is 0.353 e. The number of hydrogen-bond acceptors (Lipinski definition) is 2. The molecule has 0 spiro atoms. The smallest absolute Gasteiger partial charge is 0.234 e. The summed E-state index contributed by atoms with van der Waals surface area (Å²) in [7, 11) is 0. The molecule has 0 aliphatic rings. The minimum atomic E-state index is 0.0952. The van der Waals surface area contributed by atoms with E-state index in [0.29, 0.717) is 12.6 Å². The quantitative estimate of drug-likeness (QED) is 0.578. The summed E-state index contributed by atoms with van der Waals surface area (Å²) in [5.41, 5.74) is 0. The molecule has 3 nitrogen and oxygen atoms in total. The van der Waals surface area contributed by atoms with E-state index in [-0.39, 0.29) is 11.9 Å². The Hall–Kier alpha value is -0.570. The van der Waals surface area contributed by atoms with Gasteiger partial charge in [0.2, 0.25) is 5.91 Å². The summed E-state index contributed by atoms with van der Waals surface area (Å²) in [4.78, 5) is 11.4. The first-order valence-corrected chi connectivity index (χ1v) is 7.09. The van der Waals surface area contributed by atoms with Gasteiger partial charge in [-0.3, -0.25) is 4.79 Å². The van der Waals surface area contributed by atoms with Crippen molar-refractivity contribution in [3.8, 4) is 0 Å². The van der Waals surface area contributed by atoms with Gasteiger partial charge < -0.3 is 10.6 Å². The van der Waals surface area contributed by atoms with Crippen molar-refractivity contribution in [1.82, 2.24) is 10.6 Å². The number of carbonyl (C=O) groups is 1. The summed E-state index contributed by atoms with van der Waals surface area (Å²) in [6, 6.07) is 0.670. The molecular formula is C14H30N2O. The van der Waals surface area contributed by atoms with Crippen molar-refractivity contribution in [2.75, 3.05) is 6.54 Å². The third-order valence-corrected chi connectivity index (χ3v) is 2.80. The lowest BCUT2D eigenvalue weighted by Crippen LogP contribution is -2.40. The number of unbranched alkanes of at least 4 members (excludes halogenated alkanes) is 4. The fraction of sp³-hybridized carbons (Fsp3) is 0.929. The molecule has 0 saturated carbocycles. The molecule has 0 aliphatic heterocycles. The summed E-state index contributed by atoms with van der Waals surface area (Å²) in [5.74, 6) is 0.0952. The van der Waals surface area contributed by atoms with Crippen LogP contribution in [0, 0.1) is 0 Å². The van der Waals surface area contributed by atoms with E-state index in [1.54, 1.807) is 0 Å². The molecule has 0 rings (SSSR count). The van der Waals surface area contributed by atoms with Crippen LogP contribution in [-0.2, 0) is 4.79 Å². The summed E-state index contributed by atoms with van der Waals surface area (Å²) in [6.07, 6.45) is 7.73. The van der Waals surface area contributed by atoms with Crippen molar-refractivity contribution in [3.63, 3.8) is 0 Å². The molecule has 0 bridgehead atoms. The highest BCUT2D eigenvalue weighted by Crippen LogP contribution is 2.06. The fourth-order valence-corrected chi connectivity index (χ4v) is 1.80. The summed E-state index contributed by atoms with van der Waals surface area (Å²) >= 11 is 0. The maximum Gasteiger partial charge on any atom is 0.234 e. The second kappa shape index (κ2) is 10.6. The van der Waals surface area contributed by atoms with Gasteiger partial charge >= 0.3 is 0 Å². The lowest BCUT2D eigenvalue weighted by Gasteiger charge is -2.14. The van der Waals surface area contributed by atoms with Crippen molar-refractivity contribution in [2.45, 2.75) is 78.3 Å². The van der Waals surface area contributed by atoms with Gasteiger partial charge in [-0.05, 0) is 27.2 Å². The molecule has 17 heavy (non-hydrogen) atoms. The van der Waals surface area contributed by atoms with Gasteiger partial charge in [0.1, 0.15) is 0 Å². The van der Waals surface area contributed by atoms with E-state index in [9.17, 15) is 4.79 Å². The minimum absolute atomic E-state index is 0.0952. The highest BCUT2D eigenvalue weighted by atomic mass is 16.1. The topological polar surface area (TPSA) is 41.1 Å². The van der Waals surface area contributed by atoms with Crippen molar-refractivity contribution in [1.29, 1.82) is 0 Å². The maximum absolute atomic E-state index is 11.4. The molecular weight excluding hydrogens is 212 g/mol. The van der Waals surface area contributed by atoms with E-state index in [0.717, 1.165) is 0 Å². The van der Waals surface area contributed by atoms with E-state index in [4.69, 9.17) is 0 Å². The van der Waals surface area contributed by atoms with Gasteiger partial charge in [0.25, 0.3) is 0 Å². The molecule has 0 aromatic heterocycles.